The SMILES string of the molecule is Cc1ccc(OCCNC(=O)CC(C)C)cc1. The molecule has 0 aliphatic heterocycles. The normalized spacial score (nSPS) is 10.4. The maximum Gasteiger partial charge on any atom is 0.220 e. The minimum absolute atomic E-state index is 0.0903. The van der Waals surface area contributed by atoms with Crippen molar-refractivity contribution in [3.8, 4) is 5.75 Å². The Hall–Kier alpha value is -1.51. The highest BCUT2D eigenvalue weighted by Gasteiger charge is 2.03. The van der Waals surface area contributed by atoms with Gasteiger partial charge in [0.1, 0.15) is 12.4 Å². The number of amides is 1. The van der Waals surface area contributed by atoms with Crippen molar-refractivity contribution in [1.82, 2.24) is 5.32 Å². The molecule has 0 aliphatic carbocycles. The fraction of sp³-hybridized carbons (Fsp3) is 0.500. The summed E-state index contributed by atoms with van der Waals surface area (Å²) in [5, 5.41) is 2.83. The van der Waals surface area contributed by atoms with Gasteiger partial charge in [0.25, 0.3) is 0 Å². The first-order valence-electron chi connectivity index (χ1n) is 6.04. The fourth-order valence-electron chi connectivity index (χ4n) is 1.44. The number of rotatable bonds is 6. The van der Waals surface area contributed by atoms with Crippen LogP contribution in [0.4, 0.5) is 0 Å². The third-order valence-corrected chi connectivity index (χ3v) is 2.31. The molecule has 0 saturated heterocycles. The summed E-state index contributed by atoms with van der Waals surface area (Å²) in [6, 6.07) is 7.88. The average molecular weight is 235 g/mol. The molecule has 0 aliphatic rings. The summed E-state index contributed by atoms with van der Waals surface area (Å²) in [7, 11) is 0. The van der Waals surface area contributed by atoms with Crippen LogP contribution in [0, 0.1) is 12.8 Å². The highest BCUT2D eigenvalue weighted by atomic mass is 16.5. The Bertz CT molecular complexity index is 344. The van der Waals surface area contributed by atoms with Gasteiger partial charge in [-0.1, -0.05) is 31.5 Å². The van der Waals surface area contributed by atoms with Crippen LogP contribution in [0.15, 0.2) is 24.3 Å². The van der Waals surface area contributed by atoms with E-state index < -0.39 is 0 Å². The van der Waals surface area contributed by atoms with Gasteiger partial charge >= 0.3 is 0 Å². The summed E-state index contributed by atoms with van der Waals surface area (Å²) >= 11 is 0. The summed E-state index contributed by atoms with van der Waals surface area (Å²) in [6.07, 6.45) is 0.574. The van der Waals surface area contributed by atoms with Crippen LogP contribution in [-0.4, -0.2) is 19.1 Å². The van der Waals surface area contributed by atoms with E-state index in [9.17, 15) is 4.79 Å². The van der Waals surface area contributed by atoms with Crippen LogP contribution in [0.25, 0.3) is 0 Å². The molecule has 1 N–H and O–H groups in total. The molecule has 3 heteroatoms. The average Bonchev–Trinajstić information content (AvgIpc) is 2.26. The lowest BCUT2D eigenvalue weighted by atomic mass is 10.1. The minimum Gasteiger partial charge on any atom is -0.492 e. The molecule has 1 aromatic carbocycles. The van der Waals surface area contributed by atoms with E-state index in [2.05, 4.69) is 5.32 Å². The Morgan fingerprint density at radius 3 is 2.53 bits per heavy atom. The molecule has 0 radical (unpaired) electrons. The van der Waals surface area contributed by atoms with E-state index >= 15 is 0 Å². The van der Waals surface area contributed by atoms with E-state index in [0.29, 0.717) is 25.5 Å². The minimum atomic E-state index is 0.0903. The third kappa shape index (κ3) is 5.95. The van der Waals surface area contributed by atoms with Crippen LogP contribution in [0.5, 0.6) is 5.75 Å². The predicted molar refractivity (Wildman–Crippen MR) is 69.1 cm³/mol. The van der Waals surface area contributed by atoms with Gasteiger partial charge in [-0.05, 0) is 25.0 Å². The Morgan fingerprint density at radius 2 is 1.94 bits per heavy atom. The molecule has 0 spiro atoms. The second-order valence-electron chi connectivity index (χ2n) is 4.61. The monoisotopic (exact) mass is 235 g/mol. The van der Waals surface area contributed by atoms with Gasteiger partial charge in [-0.3, -0.25) is 4.79 Å². The van der Waals surface area contributed by atoms with Crippen LogP contribution in [0.1, 0.15) is 25.8 Å². The maximum atomic E-state index is 11.3. The number of aryl methyl sites for hydroxylation is 1. The molecular formula is C14H21NO2. The molecule has 1 amide bonds. The molecule has 1 rings (SSSR count). The predicted octanol–water partition coefficient (Wildman–Crippen LogP) is 2.54. The molecular weight excluding hydrogens is 214 g/mol. The first kappa shape index (κ1) is 13.6. The van der Waals surface area contributed by atoms with Crippen molar-refractivity contribution in [2.24, 2.45) is 5.92 Å². The van der Waals surface area contributed by atoms with E-state index in [1.807, 2.05) is 45.0 Å². The maximum absolute atomic E-state index is 11.3. The molecule has 0 heterocycles. The van der Waals surface area contributed by atoms with Crippen molar-refractivity contribution in [2.75, 3.05) is 13.2 Å². The number of carbonyl (C=O) groups is 1. The van der Waals surface area contributed by atoms with Crippen molar-refractivity contribution in [1.29, 1.82) is 0 Å². The van der Waals surface area contributed by atoms with Crippen LogP contribution in [0.2, 0.25) is 0 Å². The van der Waals surface area contributed by atoms with Crippen LogP contribution in [0.3, 0.4) is 0 Å². The highest BCUT2D eigenvalue weighted by Crippen LogP contribution is 2.10. The van der Waals surface area contributed by atoms with Gasteiger partial charge in [-0.25, -0.2) is 0 Å². The van der Waals surface area contributed by atoms with Crippen molar-refractivity contribution in [2.45, 2.75) is 27.2 Å². The molecule has 1 aromatic rings. The Labute approximate surface area is 103 Å². The van der Waals surface area contributed by atoms with Gasteiger partial charge in [-0.2, -0.15) is 0 Å². The Balaban J connectivity index is 2.16. The fourth-order valence-corrected chi connectivity index (χ4v) is 1.44. The van der Waals surface area contributed by atoms with Gasteiger partial charge in [0.05, 0.1) is 6.54 Å². The number of carbonyl (C=O) groups excluding carboxylic acids is 1. The second kappa shape index (κ2) is 6.94. The molecule has 0 aromatic heterocycles. The van der Waals surface area contributed by atoms with Gasteiger partial charge in [0.15, 0.2) is 0 Å². The molecule has 0 bridgehead atoms. The molecule has 17 heavy (non-hydrogen) atoms. The van der Waals surface area contributed by atoms with Gasteiger partial charge < -0.3 is 10.1 Å². The molecule has 0 unspecified atom stereocenters. The van der Waals surface area contributed by atoms with Gasteiger partial charge in [0.2, 0.25) is 5.91 Å². The zero-order chi connectivity index (χ0) is 12.7. The zero-order valence-corrected chi connectivity index (χ0v) is 10.8. The van der Waals surface area contributed by atoms with E-state index in [0.717, 1.165) is 5.75 Å². The lowest BCUT2D eigenvalue weighted by molar-refractivity contribution is -0.121. The summed E-state index contributed by atoms with van der Waals surface area (Å²) in [4.78, 5) is 11.3. The zero-order valence-electron chi connectivity index (χ0n) is 10.8. The quantitative estimate of drug-likeness (QED) is 0.769. The smallest absolute Gasteiger partial charge is 0.220 e. The summed E-state index contributed by atoms with van der Waals surface area (Å²) in [5.74, 6) is 1.33. The van der Waals surface area contributed by atoms with Crippen LogP contribution >= 0.6 is 0 Å². The largest absolute Gasteiger partial charge is 0.492 e. The molecule has 0 fully saturated rings. The molecule has 0 atom stereocenters. The summed E-state index contributed by atoms with van der Waals surface area (Å²) in [6.45, 7) is 7.16. The lowest BCUT2D eigenvalue weighted by Crippen LogP contribution is -2.28. The number of nitrogens with one attached hydrogen (secondary N) is 1. The standard InChI is InChI=1S/C14H21NO2/c1-11(2)10-14(16)15-8-9-17-13-6-4-12(3)5-7-13/h4-7,11H,8-10H2,1-3H3,(H,15,16). The first-order valence-corrected chi connectivity index (χ1v) is 6.04. The van der Waals surface area contributed by atoms with Crippen LogP contribution in [-0.2, 0) is 4.79 Å². The van der Waals surface area contributed by atoms with Crippen LogP contribution < -0.4 is 10.1 Å². The van der Waals surface area contributed by atoms with Crippen molar-refractivity contribution >= 4 is 5.91 Å². The summed E-state index contributed by atoms with van der Waals surface area (Å²) < 4.78 is 5.50. The van der Waals surface area contributed by atoms with Gasteiger partial charge in [0, 0.05) is 6.42 Å². The van der Waals surface area contributed by atoms with Crippen molar-refractivity contribution < 1.29 is 9.53 Å². The Morgan fingerprint density at radius 1 is 1.29 bits per heavy atom. The van der Waals surface area contributed by atoms with Crippen molar-refractivity contribution in [3.05, 3.63) is 29.8 Å². The third-order valence-electron chi connectivity index (χ3n) is 2.31. The topological polar surface area (TPSA) is 38.3 Å². The van der Waals surface area contributed by atoms with E-state index in [1.54, 1.807) is 0 Å². The molecule has 3 nitrogen and oxygen atoms in total. The number of hydrogen-bond donors (Lipinski definition) is 1. The number of benzene rings is 1. The van der Waals surface area contributed by atoms with E-state index in [4.69, 9.17) is 4.74 Å². The van der Waals surface area contributed by atoms with Gasteiger partial charge in [-0.15, -0.1) is 0 Å². The lowest BCUT2D eigenvalue weighted by Gasteiger charge is -2.09. The van der Waals surface area contributed by atoms with E-state index in [1.165, 1.54) is 5.56 Å². The second-order valence-corrected chi connectivity index (χ2v) is 4.61. The highest BCUT2D eigenvalue weighted by molar-refractivity contribution is 5.75. The molecule has 0 saturated carbocycles. The number of ether oxygens (including phenoxy) is 1. The molecule has 94 valence electrons. The summed E-state index contributed by atoms with van der Waals surface area (Å²) in [5.41, 5.74) is 1.21. The van der Waals surface area contributed by atoms with E-state index in [-0.39, 0.29) is 5.91 Å². The Kier molecular flexibility index (Phi) is 5.53. The first-order chi connectivity index (χ1) is 8.08. The van der Waals surface area contributed by atoms with Crippen molar-refractivity contribution in [3.63, 3.8) is 0 Å². The number of hydrogen-bond acceptors (Lipinski definition) is 2.